The maximum Gasteiger partial charge on any atom is 0.119 e. The third kappa shape index (κ3) is 8.94. The predicted molar refractivity (Wildman–Crippen MR) is 107 cm³/mol. The molecule has 25 heavy (non-hydrogen) atoms. The summed E-state index contributed by atoms with van der Waals surface area (Å²) in [5.74, 6) is 2.81. The molecule has 0 spiro atoms. The molecule has 2 fully saturated rings. The van der Waals surface area contributed by atoms with Crippen LogP contribution in [0.5, 0.6) is 11.5 Å². The van der Waals surface area contributed by atoms with Crippen molar-refractivity contribution in [2.45, 2.75) is 38.1 Å². The quantitative estimate of drug-likeness (QED) is 0.758. The lowest BCUT2D eigenvalue weighted by Crippen LogP contribution is -1.94. The lowest BCUT2D eigenvalue weighted by atomic mass is 10.1. The number of ether oxygens (including phenoxy) is 2. The molecular weight excluding hydrogens is 378 g/mol. The van der Waals surface area contributed by atoms with E-state index >= 15 is 0 Å². The fourth-order valence-electron chi connectivity index (χ4n) is 2.14. The second-order valence-corrected chi connectivity index (χ2v) is 7.41. The predicted octanol–water partition coefficient (Wildman–Crippen LogP) is 5.21. The number of halogens is 1. The van der Waals surface area contributed by atoms with Crippen LogP contribution in [-0.4, -0.2) is 20.3 Å². The van der Waals surface area contributed by atoms with Gasteiger partial charge in [-0.3, -0.25) is 0 Å². The van der Waals surface area contributed by atoms with E-state index in [1.165, 1.54) is 37.7 Å². The van der Waals surface area contributed by atoms with Crippen LogP contribution in [0, 0.1) is 5.92 Å². The zero-order chi connectivity index (χ0) is 18.1. The highest BCUT2D eigenvalue weighted by molar-refractivity contribution is 9.10. The fraction of sp³-hybridized carbons (Fsp3) is 0.429. The van der Waals surface area contributed by atoms with Crippen LogP contribution in [0.1, 0.15) is 31.2 Å². The van der Waals surface area contributed by atoms with E-state index in [0.29, 0.717) is 6.04 Å². The molecule has 4 rings (SSSR count). The summed E-state index contributed by atoms with van der Waals surface area (Å²) < 4.78 is 11.2. The third-order valence-corrected chi connectivity index (χ3v) is 4.50. The van der Waals surface area contributed by atoms with Crippen LogP contribution in [0.25, 0.3) is 0 Å². The molecule has 0 aromatic heterocycles. The van der Waals surface area contributed by atoms with Crippen molar-refractivity contribution < 1.29 is 9.47 Å². The molecule has 0 heterocycles. The summed E-state index contributed by atoms with van der Waals surface area (Å²) in [6.07, 6.45) is 6.59. The minimum absolute atomic E-state index is 0.583. The van der Waals surface area contributed by atoms with Crippen LogP contribution in [0.3, 0.4) is 0 Å². The molecule has 3 nitrogen and oxygen atoms in total. The van der Waals surface area contributed by atoms with Gasteiger partial charge in [0.05, 0.1) is 14.2 Å². The molecular formula is C21H28BrNO2. The van der Waals surface area contributed by atoms with E-state index < -0.39 is 0 Å². The third-order valence-electron chi connectivity index (χ3n) is 4.01. The smallest absolute Gasteiger partial charge is 0.119 e. The van der Waals surface area contributed by atoms with E-state index in [1.807, 2.05) is 30.3 Å². The van der Waals surface area contributed by atoms with Crippen molar-refractivity contribution >= 4 is 15.9 Å². The number of benzene rings is 2. The first-order valence-electron chi connectivity index (χ1n) is 8.78. The van der Waals surface area contributed by atoms with Gasteiger partial charge in [0.15, 0.2) is 0 Å². The Bertz CT molecular complexity index is 639. The van der Waals surface area contributed by atoms with Crippen LogP contribution in [0.15, 0.2) is 53.0 Å². The summed E-state index contributed by atoms with van der Waals surface area (Å²) in [6, 6.07) is 16.7. The van der Waals surface area contributed by atoms with Crippen LogP contribution in [0.2, 0.25) is 0 Å². The molecule has 2 aliphatic carbocycles. The molecule has 0 aliphatic heterocycles. The minimum atomic E-state index is 0.583. The van der Waals surface area contributed by atoms with Crippen LogP contribution in [-0.2, 0) is 6.42 Å². The van der Waals surface area contributed by atoms with Crippen LogP contribution >= 0.6 is 15.9 Å². The van der Waals surface area contributed by atoms with E-state index in [2.05, 4.69) is 34.1 Å². The number of nitrogens with two attached hydrogens (primary N) is 1. The molecule has 0 bridgehead atoms. The van der Waals surface area contributed by atoms with Crippen LogP contribution < -0.4 is 15.2 Å². The topological polar surface area (TPSA) is 44.5 Å². The minimum Gasteiger partial charge on any atom is -0.497 e. The summed E-state index contributed by atoms with van der Waals surface area (Å²) >= 11 is 3.32. The molecule has 2 aromatic carbocycles. The van der Waals surface area contributed by atoms with E-state index in [-0.39, 0.29) is 0 Å². The number of hydrogen-bond donors (Lipinski definition) is 1. The Morgan fingerprint density at radius 3 is 1.92 bits per heavy atom. The van der Waals surface area contributed by atoms with E-state index in [9.17, 15) is 0 Å². The highest BCUT2D eigenvalue weighted by Gasteiger charge is 2.21. The highest BCUT2D eigenvalue weighted by atomic mass is 79.9. The molecule has 0 saturated heterocycles. The van der Waals surface area contributed by atoms with Gasteiger partial charge in [-0.1, -0.05) is 34.1 Å². The molecule has 4 heteroatoms. The Morgan fingerprint density at radius 2 is 1.48 bits per heavy atom. The van der Waals surface area contributed by atoms with Gasteiger partial charge in [-0.05, 0) is 73.9 Å². The maximum absolute atomic E-state index is 5.22. The summed E-state index contributed by atoms with van der Waals surface area (Å²) in [5.41, 5.74) is 6.64. The van der Waals surface area contributed by atoms with Gasteiger partial charge in [-0.25, -0.2) is 0 Å². The second-order valence-electron chi connectivity index (χ2n) is 6.50. The van der Waals surface area contributed by atoms with Gasteiger partial charge in [0.1, 0.15) is 11.5 Å². The molecule has 0 radical (unpaired) electrons. The van der Waals surface area contributed by atoms with Gasteiger partial charge < -0.3 is 15.2 Å². The summed E-state index contributed by atoms with van der Waals surface area (Å²) in [7, 11) is 3.37. The van der Waals surface area contributed by atoms with Gasteiger partial charge in [0.25, 0.3) is 0 Å². The first-order chi connectivity index (χ1) is 12.1. The first-order valence-corrected chi connectivity index (χ1v) is 9.58. The van der Waals surface area contributed by atoms with Crippen LogP contribution in [0.4, 0.5) is 0 Å². The molecule has 2 aliphatic rings. The van der Waals surface area contributed by atoms with Gasteiger partial charge >= 0.3 is 0 Å². The zero-order valence-electron chi connectivity index (χ0n) is 15.1. The van der Waals surface area contributed by atoms with E-state index in [0.717, 1.165) is 21.9 Å². The van der Waals surface area contributed by atoms with Crippen molar-refractivity contribution in [3.8, 4) is 11.5 Å². The summed E-state index contributed by atoms with van der Waals surface area (Å²) in [5, 5.41) is 0. The molecule has 0 atom stereocenters. The van der Waals surface area contributed by atoms with Gasteiger partial charge in [0, 0.05) is 10.5 Å². The van der Waals surface area contributed by atoms with E-state index in [1.54, 1.807) is 14.2 Å². The van der Waals surface area contributed by atoms with E-state index in [4.69, 9.17) is 15.2 Å². The van der Waals surface area contributed by atoms with Crippen molar-refractivity contribution in [1.29, 1.82) is 0 Å². The Kier molecular flexibility index (Phi) is 8.29. The van der Waals surface area contributed by atoms with Crippen molar-refractivity contribution in [2.75, 3.05) is 14.2 Å². The van der Waals surface area contributed by atoms with Gasteiger partial charge in [-0.2, -0.15) is 0 Å². The first kappa shape index (κ1) is 19.8. The van der Waals surface area contributed by atoms with Crippen molar-refractivity contribution in [3.05, 3.63) is 58.6 Å². The highest BCUT2D eigenvalue weighted by Crippen LogP contribution is 2.33. The standard InChI is InChI=1S/C11H14O.C7H7BrO.C3H7N/c1-12-11-4-2-3-10(8-11)7-9-5-6-9;1-9-7-4-2-3-6(8)5-7;4-3-1-2-3/h2-4,8-9H,5-7H2,1H3;2-5H,1H3;3H,1-2,4H2. The second kappa shape index (κ2) is 10.5. The lowest BCUT2D eigenvalue weighted by Gasteiger charge is -2.02. The van der Waals surface area contributed by atoms with Crippen molar-refractivity contribution in [3.63, 3.8) is 0 Å². The largest absolute Gasteiger partial charge is 0.497 e. The molecule has 2 saturated carbocycles. The lowest BCUT2D eigenvalue weighted by molar-refractivity contribution is 0.414. The zero-order valence-corrected chi connectivity index (χ0v) is 16.7. The molecule has 2 aromatic rings. The van der Waals surface area contributed by atoms with Crippen molar-refractivity contribution in [1.82, 2.24) is 0 Å². The summed E-state index contributed by atoms with van der Waals surface area (Å²) in [4.78, 5) is 0. The summed E-state index contributed by atoms with van der Waals surface area (Å²) in [6.45, 7) is 0. The Labute approximate surface area is 159 Å². The monoisotopic (exact) mass is 405 g/mol. The molecule has 0 amide bonds. The average molecular weight is 406 g/mol. The maximum atomic E-state index is 5.22. The van der Waals surface area contributed by atoms with Gasteiger partial charge in [-0.15, -0.1) is 0 Å². The normalized spacial score (nSPS) is 15.2. The molecule has 2 N–H and O–H groups in total. The molecule has 0 unspecified atom stereocenters. The Balaban J connectivity index is 0.000000152. The Morgan fingerprint density at radius 1 is 0.920 bits per heavy atom. The Hall–Kier alpha value is -1.52. The fourth-order valence-corrected chi connectivity index (χ4v) is 2.52. The van der Waals surface area contributed by atoms with Crippen molar-refractivity contribution in [2.24, 2.45) is 11.7 Å². The van der Waals surface area contributed by atoms with Gasteiger partial charge in [0.2, 0.25) is 0 Å². The SMILES string of the molecule is COc1cccc(Br)c1.COc1cccc(CC2CC2)c1.NC1CC1. The molecule has 136 valence electrons. The number of methoxy groups -OCH3 is 2. The number of rotatable bonds is 4. The number of hydrogen-bond acceptors (Lipinski definition) is 3. The average Bonchev–Trinajstić information content (AvgIpc) is 3.55.